The van der Waals surface area contributed by atoms with Gasteiger partial charge in [0.15, 0.2) is 28.6 Å². The van der Waals surface area contributed by atoms with Crippen LogP contribution in [-0.2, 0) is 10.0 Å². The maximum atomic E-state index is 12.5. The molecule has 0 saturated carbocycles. The summed E-state index contributed by atoms with van der Waals surface area (Å²) in [6.07, 6.45) is -0.451. The molecule has 1 aromatic heterocycles. The molecule has 1 unspecified atom stereocenters. The molecule has 2 rings (SSSR count). The summed E-state index contributed by atoms with van der Waals surface area (Å²) < 4.78 is 28.0. The highest BCUT2D eigenvalue weighted by Crippen LogP contribution is 2.17. The molecule has 1 amide bonds. The Morgan fingerprint density at radius 1 is 1.17 bits per heavy atom. The number of nitrogens with two attached hydrogens (primary N) is 2. The van der Waals surface area contributed by atoms with Crippen LogP contribution in [0.2, 0.25) is 5.15 Å². The number of nitrogens with one attached hydrogen (secondary N) is 2. The summed E-state index contributed by atoms with van der Waals surface area (Å²) in [5, 5.41) is 2.57. The van der Waals surface area contributed by atoms with Crippen LogP contribution >= 0.6 is 11.6 Å². The number of nitrogen functional groups attached to an aromatic ring is 2. The number of carbonyl (C=O) groups is 1. The minimum absolute atomic E-state index is 0.0574. The second-order valence-corrected chi connectivity index (χ2v) is 9.07. The monoisotopic (exact) mass is 442 g/mol. The van der Waals surface area contributed by atoms with Crippen LogP contribution in [0.25, 0.3) is 0 Å². The molecule has 0 bridgehead atoms. The van der Waals surface area contributed by atoms with Gasteiger partial charge in [-0.05, 0) is 12.1 Å². The molecular formula is C17H25ClN7O3S+. The van der Waals surface area contributed by atoms with Gasteiger partial charge in [0, 0.05) is 6.92 Å². The molecule has 0 aliphatic carbocycles. The van der Waals surface area contributed by atoms with Crippen LogP contribution in [0.5, 0.6) is 0 Å². The lowest BCUT2D eigenvalue weighted by molar-refractivity contribution is -0.913. The Morgan fingerprint density at radius 2 is 1.79 bits per heavy atom. The van der Waals surface area contributed by atoms with Gasteiger partial charge in [-0.2, -0.15) is 4.72 Å². The number of amides is 1. The van der Waals surface area contributed by atoms with E-state index in [2.05, 4.69) is 20.0 Å². The van der Waals surface area contributed by atoms with Crippen LogP contribution in [0.1, 0.15) is 17.4 Å². The maximum Gasteiger partial charge on any atom is 0.273 e. The maximum absolute atomic E-state index is 12.5. The first-order valence-corrected chi connectivity index (χ1v) is 10.6. The van der Waals surface area contributed by atoms with Gasteiger partial charge in [-0.15, -0.1) is 0 Å². The number of carbonyl (C=O) groups excluding carboxylic acids is 1. The van der Waals surface area contributed by atoms with Crippen molar-refractivity contribution >= 4 is 39.2 Å². The van der Waals surface area contributed by atoms with Crippen molar-refractivity contribution in [3.05, 3.63) is 41.2 Å². The summed E-state index contributed by atoms with van der Waals surface area (Å²) in [5.41, 5.74) is 11.0. The molecule has 1 aromatic carbocycles. The van der Waals surface area contributed by atoms with E-state index in [1.165, 1.54) is 12.1 Å². The van der Waals surface area contributed by atoms with Gasteiger partial charge in [0.1, 0.15) is 0 Å². The van der Waals surface area contributed by atoms with E-state index in [9.17, 15) is 13.2 Å². The molecule has 0 aliphatic heterocycles. The number of halogens is 1. The molecule has 158 valence electrons. The van der Waals surface area contributed by atoms with Gasteiger partial charge in [-0.3, -0.25) is 4.79 Å². The van der Waals surface area contributed by atoms with Crippen LogP contribution in [0.4, 0.5) is 11.6 Å². The van der Waals surface area contributed by atoms with Crippen molar-refractivity contribution in [2.75, 3.05) is 38.7 Å². The van der Waals surface area contributed by atoms with E-state index in [-0.39, 0.29) is 38.4 Å². The zero-order valence-corrected chi connectivity index (χ0v) is 18.0. The van der Waals surface area contributed by atoms with Gasteiger partial charge < -0.3 is 21.3 Å². The highest BCUT2D eigenvalue weighted by atomic mass is 35.5. The molecule has 1 heterocycles. The van der Waals surface area contributed by atoms with Crippen molar-refractivity contribution in [2.45, 2.75) is 18.0 Å². The van der Waals surface area contributed by atoms with E-state index in [4.69, 9.17) is 23.1 Å². The number of anilines is 2. The van der Waals surface area contributed by atoms with Gasteiger partial charge >= 0.3 is 0 Å². The van der Waals surface area contributed by atoms with Crippen LogP contribution in [-0.4, -0.2) is 62.1 Å². The van der Waals surface area contributed by atoms with Gasteiger partial charge in [0.25, 0.3) is 5.91 Å². The number of sulfonamides is 1. The number of quaternary nitrogens is 1. The minimum atomic E-state index is -3.66. The van der Waals surface area contributed by atoms with E-state index < -0.39 is 22.1 Å². The summed E-state index contributed by atoms with van der Waals surface area (Å²) in [5.74, 6) is -0.727. The summed E-state index contributed by atoms with van der Waals surface area (Å²) >= 11 is 5.79. The van der Waals surface area contributed by atoms with Crippen LogP contribution in [0.15, 0.2) is 35.2 Å². The summed E-state index contributed by atoms with van der Waals surface area (Å²) in [4.78, 5) is 20.1. The Morgan fingerprint density at radius 3 is 2.41 bits per heavy atom. The topological polar surface area (TPSA) is 153 Å². The molecule has 2 aromatic rings. The number of hydrogen-bond acceptors (Lipinski definition) is 7. The van der Waals surface area contributed by atoms with Crippen molar-refractivity contribution < 1.29 is 17.7 Å². The van der Waals surface area contributed by atoms with E-state index in [0.717, 1.165) is 0 Å². The Labute approximate surface area is 174 Å². The van der Waals surface area contributed by atoms with Crippen LogP contribution in [0, 0.1) is 0 Å². The van der Waals surface area contributed by atoms with Crippen LogP contribution in [0.3, 0.4) is 0 Å². The average molecular weight is 443 g/mol. The predicted molar refractivity (Wildman–Crippen MR) is 111 cm³/mol. The lowest BCUT2D eigenvalue weighted by Crippen LogP contribution is -2.58. The zero-order chi connectivity index (χ0) is 21.8. The van der Waals surface area contributed by atoms with E-state index >= 15 is 0 Å². The van der Waals surface area contributed by atoms with Gasteiger partial charge in [-0.1, -0.05) is 29.8 Å². The third-order valence-electron chi connectivity index (χ3n) is 4.52. The molecule has 0 radical (unpaired) electrons. The second-order valence-electron chi connectivity index (χ2n) is 7.00. The van der Waals surface area contributed by atoms with E-state index in [1.807, 2.05) is 14.1 Å². The summed E-state index contributed by atoms with van der Waals surface area (Å²) in [6, 6.07) is 8.12. The lowest BCUT2D eigenvalue weighted by Gasteiger charge is -2.36. The molecular weight excluding hydrogens is 418 g/mol. The number of nitrogens with zero attached hydrogens (tertiary/aromatic N) is 3. The van der Waals surface area contributed by atoms with Crippen LogP contribution < -0.4 is 21.5 Å². The molecule has 0 fully saturated rings. The molecule has 1 atom stereocenters. The third-order valence-corrected chi connectivity index (χ3v) is 6.34. The van der Waals surface area contributed by atoms with Crippen molar-refractivity contribution in [2.24, 2.45) is 0 Å². The number of aromatic nitrogens is 2. The normalized spacial score (nSPS) is 13.1. The smallest absolute Gasteiger partial charge is 0.273 e. The number of benzene rings is 1. The van der Waals surface area contributed by atoms with E-state index in [1.54, 1.807) is 25.1 Å². The molecule has 29 heavy (non-hydrogen) atoms. The summed E-state index contributed by atoms with van der Waals surface area (Å²) in [6.45, 7) is 2.43. The highest BCUT2D eigenvalue weighted by molar-refractivity contribution is 7.89. The molecule has 0 saturated heterocycles. The minimum Gasteiger partial charge on any atom is -0.382 e. The average Bonchev–Trinajstić information content (AvgIpc) is 2.64. The fourth-order valence-corrected chi connectivity index (χ4v) is 3.89. The fourth-order valence-electron chi connectivity index (χ4n) is 2.38. The molecule has 0 spiro atoms. The molecule has 6 N–H and O–H groups in total. The number of likely N-dealkylation sites (N-methyl/N-ethyl adjacent to an activating group) is 1. The first-order valence-electron chi connectivity index (χ1n) is 8.71. The van der Waals surface area contributed by atoms with Crippen molar-refractivity contribution in [3.8, 4) is 0 Å². The fraction of sp³-hybridized carbons (Fsp3) is 0.353. The SMILES string of the molecule is CC(NS(=O)(=O)c1ccccc1)[N+](C)(C)CCNC(=O)c1nc(Cl)c(N)nc1N. The van der Waals surface area contributed by atoms with Crippen molar-refractivity contribution in [1.82, 2.24) is 20.0 Å². The molecule has 12 heteroatoms. The van der Waals surface area contributed by atoms with Crippen molar-refractivity contribution in [3.63, 3.8) is 0 Å². The Kier molecular flexibility index (Phi) is 7.01. The second kappa shape index (κ2) is 8.91. The molecule has 10 nitrogen and oxygen atoms in total. The van der Waals surface area contributed by atoms with Gasteiger partial charge in [-0.25, -0.2) is 18.4 Å². The number of hydrogen-bond donors (Lipinski definition) is 4. The lowest BCUT2D eigenvalue weighted by atomic mass is 10.3. The highest BCUT2D eigenvalue weighted by Gasteiger charge is 2.29. The quantitative estimate of drug-likeness (QED) is 0.341. The Bertz CT molecular complexity index is 984. The predicted octanol–water partition coefficient (Wildman–Crippen LogP) is 0.425. The number of rotatable bonds is 8. The van der Waals surface area contributed by atoms with Crippen molar-refractivity contribution in [1.29, 1.82) is 0 Å². The molecule has 0 aliphatic rings. The summed E-state index contributed by atoms with van der Waals surface area (Å²) in [7, 11) is 0.0359. The first-order chi connectivity index (χ1) is 13.4. The standard InChI is InChI=1S/C17H24ClN7O3S/c1-11(24-29(27,28)12-7-5-4-6-8-12)25(2,3)10-9-21-17(26)13-15(19)23-16(20)14(18)22-13/h4-8,11,24H,9-10H2,1-3H3,(H4-,19,20,21,23,26)/p+1. The Hall–Kier alpha value is -2.47. The third kappa shape index (κ3) is 5.76. The van der Waals surface area contributed by atoms with Gasteiger partial charge in [0.05, 0.1) is 32.1 Å². The first kappa shape index (κ1) is 22.8. The largest absolute Gasteiger partial charge is 0.382 e. The Balaban J connectivity index is 1.97. The zero-order valence-electron chi connectivity index (χ0n) is 16.4. The van der Waals surface area contributed by atoms with E-state index in [0.29, 0.717) is 6.54 Å². The van der Waals surface area contributed by atoms with Gasteiger partial charge in [0.2, 0.25) is 10.0 Å².